The van der Waals surface area contributed by atoms with Crippen LogP contribution in [-0.2, 0) is 20.7 Å². The van der Waals surface area contributed by atoms with Crippen molar-refractivity contribution in [2.24, 2.45) is 0 Å². The zero-order chi connectivity index (χ0) is 17.4. The standard InChI is InChI=1S/C18H24N2O3S/c1-4-5-14-6-8-15(9-7-14)17-13(2)24-18(20-17)19-16(21)12-23-11-10-22-3/h6-9H,4-5,10-12H2,1-3H3,(H,19,20,21). The summed E-state index contributed by atoms with van der Waals surface area (Å²) in [6.07, 6.45) is 2.22. The van der Waals surface area contributed by atoms with Crippen molar-refractivity contribution in [3.8, 4) is 11.3 Å². The summed E-state index contributed by atoms with van der Waals surface area (Å²) in [5.74, 6) is -0.204. The lowest BCUT2D eigenvalue weighted by molar-refractivity contribution is -0.121. The van der Waals surface area contributed by atoms with Crippen molar-refractivity contribution in [2.75, 3.05) is 32.2 Å². The van der Waals surface area contributed by atoms with Gasteiger partial charge in [-0.2, -0.15) is 0 Å². The molecule has 1 N–H and O–H groups in total. The Balaban J connectivity index is 1.97. The molecule has 0 bridgehead atoms. The van der Waals surface area contributed by atoms with E-state index in [-0.39, 0.29) is 12.5 Å². The number of anilines is 1. The summed E-state index contributed by atoms with van der Waals surface area (Å²) < 4.78 is 10.1. The van der Waals surface area contributed by atoms with E-state index in [1.807, 2.05) is 6.92 Å². The molecule has 0 saturated carbocycles. The minimum Gasteiger partial charge on any atom is -0.382 e. The van der Waals surface area contributed by atoms with Crippen LogP contribution in [0.2, 0.25) is 0 Å². The number of hydrogen-bond donors (Lipinski definition) is 1. The van der Waals surface area contributed by atoms with Crippen LogP contribution in [0, 0.1) is 6.92 Å². The van der Waals surface area contributed by atoms with Gasteiger partial charge in [-0.3, -0.25) is 10.1 Å². The van der Waals surface area contributed by atoms with E-state index in [1.54, 1.807) is 7.11 Å². The number of thiazole rings is 1. The summed E-state index contributed by atoms with van der Waals surface area (Å²) in [6.45, 7) is 5.06. The maximum Gasteiger partial charge on any atom is 0.252 e. The third-order valence-corrected chi connectivity index (χ3v) is 4.36. The van der Waals surface area contributed by atoms with Gasteiger partial charge >= 0.3 is 0 Å². The lowest BCUT2D eigenvalue weighted by Gasteiger charge is -2.03. The molecule has 130 valence electrons. The van der Waals surface area contributed by atoms with E-state index in [0.29, 0.717) is 18.3 Å². The van der Waals surface area contributed by atoms with Gasteiger partial charge in [-0.25, -0.2) is 4.98 Å². The van der Waals surface area contributed by atoms with E-state index < -0.39 is 0 Å². The lowest BCUT2D eigenvalue weighted by Crippen LogP contribution is -2.19. The highest BCUT2D eigenvalue weighted by Gasteiger charge is 2.12. The topological polar surface area (TPSA) is 60.5 Å². The Morgan fingerprint density at radius 1 is 1.25 bits per heavy atom. The van der Waals surface area contributed by atoms with Crippen molar-refractivity contribution in [3.63, 3.8) is 0 Å². The molecule has 2 aromatic rings. The molecule has 1 heterocycles. The van der Waals surface area contributed by atoms with Crippen LogP contribution in [0.25, 0.3) is 11.3 Å². The summed E-state index contributed by atoms with van der Waals surface area (Å²) in [5.41, 5.74) is 3.31. The summed E-state index contributed by atoms with van der Waals surface area (Å²) in [4.78, 5) is 17.5. The second kappa shape index (κ2) is 9.52. The van der Waals surface area contributed by atoms with Gasteiger partial charge in [-0.1, -0.05) is 37.6 Å². The minimum atomic E-state index is -0.204. The molecule has 0 aliphatic carbocycles. The van der Waals surface area contributed by atoms with E-state index in [1.165, 1.54) is 16.9 Å². The van der Waals surface area contributed by atoms with Gasteiger partial charge < -0.3 is 9.47 Å². The highest BCUT2D eigenvalue weighted by Crippen LogP contribution is 2.30. The maximum absolute atomic E-state index is 11.8. The van der Waals surface area contributed by atoms with Gasteiger partial charge in [0.1, 0.15) is 6.61 Å². The minimum absolute atomic E-state index is 0.00301. The number of nitrogens with zero attached hydrogens (tertiary/aromatic N) is 1. The van der Waals surface area contributed by atoms with E-state index in [2.05, 4.69) is 41.5 Å². The van der Waals surface area contributed by atoms with Crippen LogP contribution in [0.3, 0.4) is 0 Å². The van der Waals surface area contributed by atoms with Gasteiger partial charge in [-0.15, -0.1) is 11.3 Å². The van der Waals surface area contributed by atoms with E-state index in [9.17, 15) is 4.79 Å². The van der Waals surface area contributed by atoms with Crippen LogP contribution in [0.4, 0.5) is 5.13 Å². The average Bonchev–Trinajstić information content (AvgIpc) is 2.93. The predicted octanol–water partition coefficient (Wildman–Crippen LogP) is 3.67. The number of carbonyl (C=O) groups is 1. The first-order valence-electron chi connectivity index (χ1n) is 8.07. The van der Waals surface area contributed by atoms with Crippen molar-refractivity contribution < 1.29 is 14.3 Å². The molecule has 1 aromatic carbocycles. The molecule has 0 fully saturated rings. The van der Waals surface area contributed by atoms with Gasteiger partial charge in [0.25, 0.3) is 5.91 Å². The molecule has 0 radical (unpaired) electrons. The number of aryl methyl sites for hydroxylation is 2. The Morgan fingerprint density at radius 3 is 2.67 bits per heavy atom. The first-order chi connectivity index (χ1) is 11.6. The van der Waals surface area contributed by atoms with Crippen molar-refractivity contribution in [1.82, 2.24) is 4.98 Å². The summed E-state index contributed by atoms with van der Waals surface area (Å²) in [6, 6.07) is 8.46. The van der Waals surface area contributed by atoms with Crippen LogP contribution in [0.1, 0.15) is 23.8 Å². The quantitative estimate of drug-likeness (QED) is 0.702. The van der Waals surface area contributed by atoms with Crippen LogP contribution in [-0.4, -0.2) is 37.8 Å². The Bertz CT molecular complexity index is 653. The van der Waals surface area contributed by atoms with Gasteiger partial charge in [0.2, 0.25) is 0 Å². The predicted molar refractivity (Wildman–Crippen MR) is 97.6 cm³/mol. The first kappa shape index (κ1) is 18.6. The number of nitrogens with one attached hydrogen (secondary N) is 1. The Labute approximate surface area is 147 Å². The SMILES string of the molecule is CCCc1ccc(-c2nc(NC(=O)COCCOC)sc2C)cc1. The monoisotopic (exact) mass is 348 g/mol. The molecule has 0 spiro atoms. The van der Waals surface area contributed by atoms with E-state index in [0.717, 1.165) is 29.0 Å². The van der Waals surface area contributed by atoms with Crippen LogP contribution in [0.15, 0.2) is 24.3 Å². The molecule has 0 unspecified atom stereocenters. The van der Waals surface area contributed by atoms with Crippen molar-refractivity contribution in [3.05, 3.63) is 34.7 Å². The smallest absolute Gasteiger partial charge is 0.252 e. The summed E-state index contributed by atoms with van der Waals surface area (Å²) in [7, 11) is 1.60. The Morgan fingerprint density at radius 2 is 2.00 bits per heavy atom. The fourth-order valence-corrected chi connectivity index (χ4v) is 3.15. The molecule has 6 heteroatoms. The molecule has 1 amide bonds. The fourth-order valence-electron chi connectivity index (χ4n) is 2.30. The maximum atomic E-state index is 11.8. The number of benzene rings is 1. The van der Waals surface area contributed by atoms with E-state index >= 15 is 0 Å². The van der Waals surface area contributed by atoms with Crippen LogP contribution >= 0.6 is 11.3 Å². The number of aromatic nitrogens is 1. The Kier molecular flexibility index (Phi) is 7.36. The molecule has 1 aromatic heterocycles. The number of hydrogen-bond acceptors (Lipinski definition) is 5. The highest BCUT2D eigenvalue weighted by molar-refractivity contribution is 7.16. The second-order valence-corrected chi connectivity index (χ2v) is 6.67. The lowest BCUT2D eigenvalue weighted by atomic mass is 10.1. The zero-order valence-corrected chi connectivity index (χ0v) is 15.2. The zero-order valence-electron chi connectivity index (χ0n) is 14.4. The summed E-state index contributed by atoms with van der Waals surface area (Å²) in [5, 5.41) is 3.38. The van der Waals surface area contributed by atoms with Crippen LogP contribution < -0.4 is 5.32 Å². The molecular weight excluding hydrogens is 324 g/mol. The van der Waals surface area contributed by atoms with Crippen molar-refractivity contribution in [1.29, 1.82) is 0 Å². The average molecular weight is 348 g/mol. The number of amides is 1. The fraction of sp³-hybridized carbons (Fsp3) is 0.444. The molecule has 5 nitrogen and oxygen atoms in total. The molecular formula is C18H24N2O3S. The van der Waals surface area contributed by atoms with Crippen molar-refractivity contribution >= 4 is 22.4 Å². The number of carbonyl (C=O) groups excluding carboxylic acids is 1. The molecule has 0 saturated heterocycles. The van der Waals surface area contributed by atoms with Gasteiger partial charge in [-0.05, 0) is 18.9 Å². The number of methoxy groups -OCH3 is 1. The molecule has 0 aliphatic heterocycles. The van der Waals surface area contributed by atoms with Gasteiger partial charge in [0.15, 0.2) is 5.13 Å². The molecule has 24 heavy (non-hydrogen) atoms. The Hall–Kier alpha value is -1.76. The van der Waals surface area contributed by atoms with Crippen molar-refractivity contribution in [2.45, 2.75) is 26.7 Å². The summed E-state index contributed by atoms with van der Waals surface area (Å²) >= 11 is 1.47. The van der Waals surface area contributed by atoms with E-state index in [4.69, 9.17) is 9.47 Å². The second-order valence-electron chi connectivity index (χ2n) is 5.46. The molecule has 0 aliphatic rings. The van der Waals surface area contributed by atoms with Crippen LogP contribution in [0.5, 0.6) is 0 Å². The third-order valence-electron chi connectivity index (χ3n) is 3.47. The molecule has 2 rings (SSSR count). The molecule has 0 atom stereocenters. The third kappa shape index (κ3) is 5.40. The largest absolute Gasteiger partial charge is 0.382 e. The van der Waals surface area contributed by atoms with Gasteiger partial charge in [0, 0.05) is 17.6 Å². The first-order valence-corrected chi connectivity index (χ1v) is 8.89. The normalized spacial score (nSPS) is 10.8. The highest BCUT2D eigenvalue weighted by atomic mass is 32.1. The van der Waals surface area contributed by atoms with Gasteiger partial charge in [0.05, 0.1) is 18.9 Å². The number of ether oxygens (including phenoxy) is 2. The number of rotatable bonds is 9.